The van der Waals surface area contributed by atoms with Crippen molar-refractivity contribution in [3.63, 3.8) is 0 Å². The third-order valence-corrected chi connectivity index (χ3v) is 3.28. The van der Waals surface area contributed by atoms with Crippen molar-refractivity contribution < 1.29 is 4.79 Å². The van der Waals surface area contributed by atoms with E-state index in [-0.39, 0.29) is 15.9 Å². The van der Waals surface area contributed by atoms with Gasteiger partial charge in [0.15, 0.2) is 0 Å². The Morgan fingerprint density at radius 3 is 2.63 bits per heavy atom. The molecule has 0 fully saturated rings. The van der Waals surface area contributed by atoms with Crippen molar-refractivity contribution in [1.29, 1.82) is 0 Å². The van der Waals surface area contributed by atoms with Crippen molar-refractivity contribution in [1.82, 2.24) is 9.97 Å². The van der Waals surface area contributed by atoms with Gasteiger partial charge < -0.3 is 5.32 Å². The van der Waals surface area contributed by atoms with E-state index < -0.39 is 5.91 Å². The van der Waals surface area contributed by atoms with Gasteiger partial charge in [0, 0.05) is 0 Å². The quantitative estimate of drug-likeness (QED) is 0.820. The fourth-order valence-corrected chi connectivity index (χ4v) is 2.16. The highest BCUT2D eigenvalue weighted by Crippen LogP contribution is 2.20. The Morgan fingerprint density at radius 2 is 1.95 bits per heavy atom. The molecule has 98 valence electrons. The van der Waals surface area contributed by atoms with Gasteiger partial charge in [-0.3, -0.25) is 4.79 Å². The molecule has 2 rings (SSSR count). The highest BCUT2D eigenvalue weighted by atomic mass is 79.9. The number of amides is 1. The van der Waals surface area contributed by atoms with E-state index in [9.17, 15) is 4.79 Å². The molecule has 2 heterocycles. The number of aromatic nitrogens is 2. The first-order valence-electron chi connectivity index (χ1n) is 5.24. The summed E-state index contributed by atoms with van der Waals surface area (Å²) < 4.78 is 0.696. The lowest BCUT2D eigenvalue weighted by Gasteiger charge is -2.08. The molecular formula is C12H8BrCl2N3O. The molecule has 2 aromatic heterocycles. The molecule has 0 atom stereocenters. The molecule has 0 aliphatic carbocycles. The second-order valence-electron chi connectivity index (χ2n) is 3.69. The Morgan fingerprint density at radius 1 is 1.21 bits per heavy atom. The second kappa shape index (κ2) is 5.86. The van der Waals surface area contributed by atoms with Crippen LogP contribution in [0.1, 0.15) is 16.2 Å². The molecule has 0 aromatic carbocycles. The number of rotatable bonds is 2. The number of carbonyl (C=O) groups excluding carboxylic acids is 1. The molecular weight excluding hydrogens is 353 g/mol. The fraction of sp³-hybridized carbons (Fsp3) is 0.0833. The van der Waals surface area contributed by atoms with Crippen LogP contribution in [-0.4, -0.2) is 15.9 Å². The van der Waals surface area contributed by atoms with Crippen LogP contribution < -0.4 is 5.32 Å². The van der Waals surface area contributed by atoms with Crippen LogP contribution in [0.4, 0.5) is 5.69 Å². The lowest BCUT2D eigenvalue weighted by molar-refractivity contribution is 0.102. The SMILES string of the molecule is Cc1nc(Br)ccc1NC(=O)c1nc(Cl)ccc1Cl. The lowest BCUT2D eigenvalue weighted by atomic mass is 10.3. The van der Waals surface area contributed by atoms with Crippen LogP contribution in [-0.2, 0) is 0 Å². The molecule has 0 aliphatic heterocycles. The Labute approximate surface area is 128 Å². The zero-order valence-electron chi connectivity index (χ0n) is 9.75. The number of aryl methyl sites for hydroxylation is 1. The Balaban J connectivity index is 2.28. The molecule has 7 heteroatoms. The minimum atomic E-state index is -0.431. The van der Waals surface area contributed by atoms with Gasteiger partial charge in [-0.05, 0) is 47.1 Å². The standard InChI is InChI=1S/C12H8BrCl2N3O/c1-6-8(3-4-9(13)16-6)17-12(19)11-7(14)2-5-10(15)18-11/h2-5H,1H3,(H,17,19). The number of carbonyl (C=O) groups is 1. The van der Waals surface area contributed by atoms with E-state index in [1.165, 1.54) is 12.1 Å². The zero-order chi connectivity index (χ0) is 14.0. The van der Waals surface area contributed by atoms with Gasteiger partial charge in [0.2, 0.25) is 0 Å². The summed E-state index contributed by atoms with van der Waals surface area (Å²) in [6.45, 7) is 1.79. The second-order valence-corrected chi connectivity index (χ2v) is 5.29. The molecule has 19 heavy (non-hydrogen) atoms. The smallest absolute Gasteiger partial charge is 0.275 e. The first-order valence-corrected chi connectivity index (χ1v) is 6.79. The summed E-state index contributed by atoms with van der Waals surface area (Å²) in [5.41, 5.74) is 1.35. The highest BCUT2D eigenvalue weighted by Gasteiger charge is 2.14. The van der Waals surface area contributed by atoms with Crippen LogP contribution in [0, 0.1) is 6.92 Å². The van der Waals surface area contributed by atoms with Gasteiger partial charge in [0.1, 0.15) is 15.5 Å². The monoisotopic (exact) mass is 359 g/mol. The molecule has 0 unspecified atom stereocenters. The summed E-state index contributed by atoms with van der Waals surface area (Å²) in [5.74, 6) is -0.431. The minimum Gasteiger partial charge on any atom is -0.319 e. The average molecular weight is 361 g/mol. The zero-order valence-corrected chi connectivity index (χ0v) is 12.8. The third-order valence-electron chi connectivity index (χ3n) is 2.33. The molecule has 2 aromatic rings. The Bertz CT molecular complexity index is 649. The van der Waals surface area contributed by atoms with Gasteiger partial charge in [-0.15, -0.1) is 0 Å². The van der Waals surface area contributed by atoms with Crippen molar-refractivity contribution in [3.05, 3.63) is 50.4 Å². The van der Waals surface area contributed by atoms with Gasteiger partial charge in [-0.2, -0.15) is 0 Å². The molecule has 0 radical (unpaired) electrons. The minimum absolute atomic E-state index is 0.0801. The van der Waals surface area contributed by atoms with Crippen LogP contribution in [0.3, 0.4) is 0 Å². The van der Waals surface area contributed by atoms with Crippen LogP contribution in [0.25, 0.3) is 0 Å². The van der Waals surface area contributed by atoms with Crippen molar-refractivity contribution in [2.75, 3.05) is 5.32 Å². The third kappa shape index (κ3) is 3.43. The van der Waals surface area contributed by atoms with Crippen LogP contribution in [0.2, 0.25) is 10.2 Å². The first-order chi connectivity index (χ1) is 8.97. The van der Waals surface area contributed by atoms with Crippen molar-refractivity contribution in [2.24, 2.45) is 0 Å². The molecule has 0 saturated heterocycles. The van der Waals surface area contributed by atoms with E-state index in [1.54, 1.807) is 19.1 Å². The Kier molecular flexibility index (Phi) is 4.39. The number of anilines is 1. The maximum absolute atomic E-state index is 12.1. The van der Waals surface area contributed by atoms with Crippen molar-refractivity contribution in [2.45, 2.75) is 6.92 Å². The van der Waals surface area contributed by atoms with E-state index >= 15 is 0 Å². The van der Waals surface area contributed by atoms with Crippen LogP contribution in [0.15, 0.2) is 28.9 Å². The van der Waals surface area contributed by atoms with E-state index in [1.807, 2.05) is 0 Å². The van der Waals surface area contributed by atoms with E-state index in [2.05, 4.69) is 31.2 Å². The summed E-state index contributed by atoms with van der Waals surface area (Å²) in [6, 6.07) is 6.52. The molecule has 0 spiro atoms. The van der Waals surface area contributed by atoms with Crippen LogP contribution in [0.5, 0.6) is 0 Å². The topological polar surface area (TPSA) is 54.9 Å². The number of pyridine rings is 2. The number of hydrogen-bond donors (Lipinski definition) is 1. The Hall–Kier alpha value is -1.17. The van der Waals surface area contributed by atoms with Gasteiger partial charge in [-0.25, -0.2) is 9.97 Å². The maximum Gasteiger partial charge on any atom is 0.275 e. The molecule has 0 bridgehead atoms. The lowest BCUT2D eigenvalue weighted by Crippen LogP contribution is -2.15. The summed E-state index contributed by atoms with van der Waals surface area (Å²) in [5, 5.41) is 3.14. The molecule has 0 aliphatic rings. The number of nitrogens with zero attached hydrogens (tertiary/aromatic N) is 2. The van der Waals surface area contributed by atoms with Crippen LogP contribution >= 0.6 is 39.1 Å². The highest BCUT2D eigenvalue weighted by molar-refractivity contribution is 9.10. The average Bonchev–Trinajstić information content (AvgIpc) is 2.35. The number of hydrogen-bond acceptors (Lipinski definition) is 3. The number of halogens is 3. The molecule has 4 nitrogen and oxygen atoms in total. The predicted molar refractivity (Wildman–Crippen MR) is 78.9 cm³/mol. The van der Waals surface area contributed by atoms with Gasteiger partial charge in [-0.1, -0.05) is 23.2 Å². The molecule has 1 N–H and O–H groups in total. The normalized spacial score (nSPS) is 10.3. The van der Waals surface area contributed by atoms with Gasteiger partial charge in [0.05, 0.1) is 16.4 Å². The molecule has 0 saturated carbocycles. The fourth-order valence-electron chi connectivity index (χ4n) is 1.42. The van der Waals surface area contributed by atoms with E-state index in [0.29, 0.717) is 16.0 Å². The summed E-state index contributed by atoms with van der Waals surface area (Å²) in [6.07, 6.45) is 0. The summed E-state index contributed by atoms with van der Waals surface area (Å²) in [7, 11) is 0. The van der Waals surface area contributed by atoms with Gasteiger partial charge in [0.25, 0.3) is 5.91 Å². The predicted octanol–water partition coefficient (Wildman–Crippen LogP) is 4.11. The van der Waals surface area contributed by atoms with Crippen molar-refractivity contribution in [3.8, 4) is 0 Å². The maximum atomic E-state index is 12.1. The van der Waals surface area contributed by atoms with E-state index in [0.717, 1.165) is 0 Å². The van der Waals surface area contributed by atoms with Gasteiger partial charge >= 0.3 is 0 Å². The largest absolute Gasteiger partial charge is 0.319 e. The summed E-state index contributed by atoms with van der Waals surface area (Å²) >= 11 is 14.9. The first kappa shape index (κ1) is 14.2. The number of nitrogens with one attached hydrogen (secondary N) is 1. The summed E-state index contributed by atoms with van der Waals surface area (Å²) in [4.78, 5) is 20.2. The van der Waals surface area contributed by atoms with E-state index in [4.69, 9.17) is 23.2 Å². The van der Waals surface area contributed by atoms with Crippen molar-refractivity contribution >= 4 is 50.7 Å². The molecule has 1 amide bonds.